The lowest BCUT2D eigenvalue weighted by molar-refractivity contribution is -0.132. The summed E-state index contributed by atoms with van der Waals surface area (Å²) >= 11 is 0. The van der Waals surface area contributed by atoms with Gasteiger partial charge in [0.05, 0.1) is 12.0 Å². The lowest BCUT2D eigenvalue weighted by Gasteiger charge is -2.45. The molecule has 16 heavy (non-hydrogen) atoms. The maximum Gasteiger partial charge on any atom is 0.175 e. The van der Waals surface area contributed by atoms with Crippen LogP contribution in [0.2, 0.25) is 0 Å². The molecule has 0 aromatic rings. The Hall–Kier alpha value is -0.790. The van der Waals surface area contributed by atoms with Crippen LogP contribution in [0.25, 0.3) is 0 Å². The summed E-state index contributed by atoms with van der Waals surface area (Å²) < 4.78 is 5.85. The molecule has 1 fully saturated rings. The maximum atomic E-state index is 12.0. The molecule has 2 aliphatic rings. The van der Waals surface area contributed by atoms with Crippen molar-refractivity contribution in [2.45, 2.75) is 58.8 Å². The van der Waals surface area contributed by atoms with Gasteiger partial charge in [-0.15, -0.1) is 0 Å². The molecule has 0 unspecified atom stereocenters. The Morgan fingerprint density at radius 3 is 2.56 bits per heavy atom. The predicted molar refractivity (Wildman–Crippen MR) is 64.1 cm³/mol. The average Bonchev–Trinajstić information content (AvgIpc) is 2.34. The smallest absolute Gasteiger partial charge is 0.175 e. The molecule has 0 atom stereocenters. The van der Waals surface area contributed by atoms with E-state index in [4.69, 9.17) is 4.74 Å². The molecule has 0 bridgehead atoms. The second kappa shape index (κ2) is 4.60. The van der Waals surface area contributed by atoms with E-state index in [0.717, 1.165) is 43.6 Å². The number of ketones is 1. The van der Waals surface area contributed by atoms with Crippen molar-refractivity contribution in [3.8, 4) is 0 Å². The van der Waals surface area contributed by atoms with Crippen molar-refractivity contribution in [3.63, 3.8) is 0 Å². The van der Waals surface area contributed by atoms with Crippen LogP contribution in [0.1, 0.15) is 58.8 Å². The van der Waals surface area contributed by atoms with Crippen LogP contribution >= 0.6 is 0 Å². The van der Waals surface area contributed by atoms with Crippen LogP contribution in [0.3, 0.4) is 0 Å². The highest BCUT2D eigenvalue weighted by atomic mass is 16.5. The molecular formula is C14H22O2. The third kappa shape index (κ3) is 1.68. The van der Waals surface area contributed by atoms with Crippen LogP contribution in [-0.4, -0.2) is 12.4 Å². The van der Waals surface area contributed by atoms with E-state index in [0.29, 0.717) is 5.78 Å². The first-order valence-corrected chi connectivity index (χ1v) is 6.61. The second-order valence-corrected chi connectivity index (χ2v) is 5.13. The van der Waals surface area contributed by atoms with E-state index in [1.54, 1.807) is 0 Å². The van der Waals surface area contributed by atoms with E-state index in [9.17, 15) is 4.79 Å². The number of allylic oxidation sites excluding steroid dienone is 2. The van der Waals surface area contributed by atoms with Gasteiger partial charge in [0.2, 0.25) is 0 Å². The van der Waals surface area contributed by atoms with Crippen LogP contribution < -0.4 is 0 Å². The van der Waals surface area contributed by atoms with Crippen LogP contribution in [-0.2, 0) is 9.53 Å². The summed E-state index contributed by atoms with van der Waals surface area (Å²) in [7, 11) is 0. The second-order valence-electron chi connectivity index (χ2n) is 5.13. The minimum absolute atomic E-state index is 0.184. The molecular weight excluding hydrogens is 200 g/mol. The number of carbonyl (C=O) groups is 1. The highest BCUT2D eigenvalue weighted by Crippen LogP contribution is 2.52. The molecule has 1 saturated carbocycles. The quantitative estimate of drug-likeness (QED) is 0.679. The first kappa shape index (κ1) is 11.7. The van der Waals surface area contributed by atoms with E-state index < -0.39 is 0 Å². The SMILES string of the molecule is CCCCOC1=C(C)C(=O)C12CCCCC2. The van der Waals surface area contributed by atoms with Crippen molar-refractivity contribution < 1.29 is 9.53 Å². The monoisotopic (exact) mass is 222 g/mol. The molecule has 2 nitrogen and oxygen atoms in total. The summed E-state index contributed by atoms with van der Waals surface area (Å²) in [5.41, 5.74) is 0.703. The Kier molecular flexibility index (Phi) is 3.36. The Bertz CT molecular complexity index is 309. The highest BCUT2D eigenvalue weighted by Gasteiger charge is 2.53. The molecule has 2 rings (SSSR count). The molecule has 0 aromatic heterocycles. The standard InChI is InChI=1S/C14H22O2/c1-3-4-10-16-13-11(2)12(15)14(13)8-6-5-7-9-14/h3-10H2,1-2H3. The van der Waals surface area contributed by atoms with Gasteiger partial charge in [-0.2, -0.15) is 0 Å². The number of hydrogen-bond acceptors (Lipinski definition) is 2. The summed E-state index contributed by atoms with van der Waals surface area (Å²) in [4.78, 5) is 12.0. The van der Waals surface area contributed by atoms with Crippen molar-refractivity contribution in [3.05, 3.63) is 11.3 Å². The Morgan fingerprint density at radius 2 is 1.94 bits per heavy atom. The van der Waals surface area contributed by atoms with Gasteiger partial charge in [-0.3, -0.25) is 4.79 Å². The van der Waals surface area contributed by atoms with Gasteiger partial charge in [-0.25, -0.2) is 0 Å². The van der Waals surface area contributed by atoms with E-state index in [1.807, 2.05) is 6.92 Å². The molecule has 0 heterocycles. The highest BCUT2D eigenvalue weighted by molar-refractivity contribution is 6.08. The van der Waals surface area contributed by atoms with Crippen molar-refractivity contribution in [1.82, 2.24) is 0 Å². The molecule has 1 spiro atoms. The molecule has 0 radical (unpaired) electrons. The average molecular weight is 222 g/mol. The van der Waals surface area contributed by atoms with Gasteiger partial charge >= 0.3 is 0 Å². The zero-order valence-corrected chi connectivity index (χ0v) is 10.5. The van der Waals surface area contributed by atoms with Crippen molar-refractivity contribution in [2.75, 3.05) is 6.61 Å². The molecule has 2 aliphatic carbocycles. The van der Waals surface area contributed by atoms with Crippen LogP contribution in [0, 0.1) is 5.41 Å². The number of rotatable bonds is 4. The summed E-state index contributed by atoms with van der Waals surface area (Å²) in [5, 5.41) is 0. The molecule has 0 amide bonds. The lowest BCUT2D eigenvalue weighted by Crippen LogP contribution is -2.46. The van der Waals surface area contributed by atoms with Crippen LogP contribution in [0.4, 0.5) is 0 Å². The van der Waals surface area contributed by atoms with Crippen LogP contribution in [0.15, 0.2) is 11.3 Å². The van der Waals surface area contributed by atoms with E-state index >= 15 is 0 Å². The minimum Gasteiger partial charge on any atom is -0.496 e. The van der Waals surface area contributed by atoms with E-state index in [-0.39, 0.29) is 5.41 Å². The van der Waals surface area contributed by atoms with Gasteiger partial charge in [0, 0.05) is 5.57 Å². The fourth-order valence-electron chi connectivity index (χ4n) is 3.04. The predicted octanol–water partition coefficient (Wildman–Crippen LogP) is 3.61. The van der Waals surface area contributed by atoms with Gasteiger partial charge < -0.3 is 4.74 Å². The van der Waals surface area contributed by atoms with Crippen molar-refractivity contribution in [2.24, 2.45) is 5.41 Å². The molecule has 0 saturated heterocycles. The molecule has 90 valence electrons. The maximum absolute atomic E-state index is 12.0. The van der Waals surface area contributed by atoms with Crippen LogP contribution in [0.5, 0.6) is 0 Å². The first-order chi connectivity index (χ1) is 7.72. The zero-order valence-electron chi connectivity index (χ0n) is 10.5. The Balaban J connectivity index is 2.06. The third-order valence-electron chi connectivity index (χ3n) is 4.00. The van der Waals surface area contributed by atoms with Gasteiger partial charge in [0.15, 0.2) is 5.78 Å². The van der Waals surface area contributed by atoms with Crippen molar-refractivity contribution in [1.29, 1.82) is 0 Å². The normalized spacial score (nSPS) is 23.5. The molecule has 0 N–H and O–H groups in total. The summed E-state index contributed by atoms with van der Waals surface area (Å²) in [6, 6.07) is 0. The number of hydrogen-bond donors (Lipinski definition) is 0. The van der Waals surface area contributed by atoms with E-state index in [1.165, 1.54) is 19.3 Å². The summed E-state index contributed by atoms with van der Waals surface area (Å²) in [6.07, 6.45) is 7.90. The van der Waals surface area contributed by atoms with Crippen molar-refractivity contribution >= 4 is 5.78 Å². The largest absolute Gasteiger partial charge is 0.496 e. The van der Waals surface area contributed by atoms with Gasteiger partial charge in [-0.1, -0.05) is 32.6 Å². The number of carbonyl (C=O) groups excluding carboxylic acids is 1. The fraction of sp³-hybridized carbons (Fsp3) is 0.786. The number of unbranched alkanes of at least 4 members (excludes halogenated alkanes) is 1. The minimum atomic E-state index is -0.184. The fourth-order valence-corrected chi connectivity index (χ4v) is 3.04. The molecule has 0 aromatic carbocycles. The topological polar surface area (TPSA) is 26.3 Å². The van der Waals surface area contributed by atoms with Gasteiger partial charge in [0.25, 0.3) is 0 Å². The summed E-state index contributed by atoms with van der Waals surface area (Å²) in [6.45, 7) is 4.86. The number of ether oxygens (including phenoxy) is 1. The molecule has 0 aliphatic heterocycles. The Morgan fingerprint density at radius 1 is 1.25 bits per heavy atom. The summed E-state index contributed by atoms with van der Waals surface area (Å²) in [5.74, 6) is 1.39. The Labute approximate surface area is 98.1 Å². The first-order valence-electron chi connectivity index (χ1n) is 6.61. The lowest BCUT2D eigenvalue weighted by atomic mass is 9.60. The van der Waals surface area contributed by atoms with Gasteiger partial charge in [0.1, 0.15) is 5.76 Å². The third-order valence-corrected chi connectivity index (χ3v) is 4.00. The number of Topliss-reactive ketones (excluding diaryl/α,β-unsaturated/α-hetero) is 1. The van der Waals surface area contributed by atoms with Gasteiger partial charge in [-0.05, 0) is 26.2 Å². The van der Waals surface area contributed by atoms with E-state index in [2.05, 4.69) is 6.92 Å². The molecule has 2 heteroatoms. The zero-order chi connectivity index (χ0) is 11.6.